The van der Waals surface area contributed by atoms with Gasteiger partial charge >= 0.3 is 0 Å². The van der Waals surface area contributed by atoms with Crippen LogP contribution in [0.15, 0.2) is 34.9 Å². The van der Waals surface area contributed by atoms with Gasteiger partial charge in [0.25, 0.3) is 0 Å². The summed E-state index contributed by atoms with van der Waals surface area (Å²) in [6, 6.07) is 6.47. The molecule has 94 valence electrons. The lowest BCUT2D eigenvalue weighted by atomic mass is 10.1. The van der Waals surface area contributed by atoms with Gasteiger partial charge in [0.15, 0.2) is 6.29 Å². The van der Waals surface area contributed by atoms with E-state index in [9.17, 15) is 9.18 Å². The smallest absolute Gasteiger partial charge is 0.155 e. The molecule has 0 aliphatic heterocycles. The number of aryl methyl sites for hydroxylation is 1. The van der Waals surface area contributed by atoms with Gasteiger partial charge in [0.1, 0.15) is 11.6 Å². The summed E-state index contributed by atoms with van der Waals surface area (Å²) < 4.78 is 18.7. The molecule has 0 amide bonds. The molecule has 3 nitrogen and oxygen atoms in total. The van der Waals surface area contributed by atoms with Gasteiger partial charge in [-0.3, -0.25) is 4.79 Å². The average Bonchev–Trinajstić information content (AvgIpc) is 2.74. The van der Waals surface area contributed by atoms with Crippen molar-refractivity contribution in [1.29, 1.82) is 0 Å². The van der Waals surface area contributed by atoms with Gasteiger partial charge in [-0.05, 0) is 25.1 Å². The Morgan fingerprint density at radius 2 is 2.17 bits per heavy atom. The Morgan fingerprint density at radius 1 is 1.39 bits per heavy atom. The zero-order valence-corrected chi connectivity index (χ0v) is 10.3. The molecule has 18 heavy (non-hydrogen) atoms. The first-order valence-corrected chi connectivity index (χ1v) is 5.61. The van der Waals surface area contributed by atoms with E-state index >= 15 is 0 Å². The fourth-order valence-corrected chi connectivity index (χ4v) is 1.89. The normalized spacial score (nSPS) is 10.4. The average molecular weight is 247 g/mol. The molecule has 0 spiro atoms. The topological polar surface area (TPSA) is 33.5 Å². The Kier molecular flexibility index (Phi) is 3.46. The number of furan rings is 1. The van der Waals surface area contributed by atoms with E-state index in [0.29, 0.717) is 18.5 Å². The number of anilines is 1. The van der Waals surface area contributed by atoms with Crippen LogP contribution < -0.4 is 4.90 Å². The molecule has 0 saturated carbocycles. The van der Waals surface area contributed by atoms with Crippen LogP contribution in [0.1, 0.15) is 21.7 Å². The van der Waals surface area contributed by atoms with Crippen LogP contribution >= 0.6 is 0 Å². The predicted octanol–water partition coefficient (Wildman–Crippen LogP) is 3.18. The fourth-order valence-electron chi connectivity index (χ4n) is 1.89. The van der Waals surface area contributed by atoms with Gasteiger partial charge in [0.05, 0.1) is 17.5 Å². The number of halogens is 1. The molecule has 2 rings (SSSR count). The lowest BCUT2D eigenvalue weighted by Gasteiger charge is -2.20. The van der Waals surface area contributed by atoms with Crippen molar-refractivity contribution < 1.29 is 13.6 Å². The third kappa shape index (κ3) is 2.27. The molecule has 0 radical (unpaired) electrons. The molecule has 4 heteroatoms. The number of carbonyl (C=O) groups excluding carboxylic acids is 1. The molecule has 0 saturated heterocycles. The van der Waals surface area contributed by atoms with E-state index in [-0.39, 0.29) is 5.56 Å². The molecule has 0 unspecified atom stereocenters. The first kappa shape index (κ1) is 12.4. The van der Waals surface area contributed by atoms with Crippen molar-refractivity contribution in [2.75, 3.05) is 11.9 Å². The van der Waals surface area contributed by atoms with Crippen molar-refractivity contribution in [2.45, 2.75) is 13.5 Å². The molecule has 1 aromatic heterocycles. The number of aldehydes is 1. The van der Waals surface area contributed by atoms with Gasteiger partial charge in [0.2, 0.25) is 0 Å². The highest BCUT2D eigenvalue weighted by molar-refractivity contribution is 5.84. The standard InChI is InChI=1S/C14H14FNO2/c1-10-11(6-7-18-10)8-16(2)14-5-3-4-13(15)12(14)9-17/h3-7,9H,8H2,1-2H3. The molecule has 0 fully saturated rings. The van der Waals surface area contributed by atoms with Crippen molar-refractivity contribution in [3.05, 3.63) is 53.2 Å². The van der Waals surface area contributed by atoms with Gasteiger partial charge in [-0.2, -0.15) is 0 Å². The van der Waals surface area contributed by atoms with Crippen LogP contribution in [0.5, 0.6) is 0 Å². The minimum Gasteiger partial charge on any atom is -0.469 e. The summed E-state index contributed by atoms with van der Waals surface area (Å²) in [6.07, 6.45) is 2.16. The van der Waals surface area contributed by atoms with E-state index in [1.54, 1.807) is 18.4 Å². The van der Waals surface area contributed by atoms with Crippen molar-refractivity contribution in [2.24, 2.45) is 0 Å². The molecule has 2 aromatic rings. The maximum atomic E-state index is 13.5. The minimum absolute atomic E-state index is 0.0844. The van der Waals surface area contributed by atoms with E-state index < -0.39 is 5.82 Å². The Morgan fingerprint density at radius 3 is 2.78 bits per heavy atom. The number of nitrogens with zero attached hydrogens (tertiary/aromatic N) is 1. The third-order valence-electron chi connectivity index (χ3n) is 2.93. The molecule has 0 aliphatic rings. The van der Waals surface area contributed by atoms with Gasteiger partial charge in [-0.1, -0.05) is 6.07 Å². The Balaban J connectivity index is 2.29. The molecule has 1 aromatic carbocycles. The van der Waals surface area contributed by atoms with Crippen LogP contribution in [0.2, 0.25) is 0 Å². The van der Waals surface area contributed by atoms with Crippen LogP contribution in [-0.2, 0) is 6.54 Å². The Labute approximate surface area is 105 Å². The number of benzene rings is 1. The monoisotopic (exact) mass is 247 g/mol. The second-order valence-electron chi connectivity index (χ2n) is 4.15. The molecular formula is C14H14FNO2. The summed E-state index contributed by atoms with van der Waals surface area (Å²) in [5.41, 5.74) is 1.67. The van der Waals surface area contributed by atoms with E-state index in [4.69, 9.17) is 4.42 Å². The van der Waals surface area contributed by atoms with Gasteiger partial charge < -0.3 is 9.32 Å². The van der Waals surface area contributed by atoms with Gasteiger partial charge in [-0.15, -0.1) is 0 Å². The van der Waals surface area contributed by atoms with Gasteiger partial charge in [0, 0.05) is 19.2 Å². The highest BCUT2D eigenvalue weighted by Crippen LogP contribution is 2.23. The van der Waals surface area contributed by atoms with Crippen LogP contribution in [0.3, 0.4) is 0 Å². The van der Waals surface area contributed by atoms with E-state index in [1.807, 2.05) is 24.9 Å². The zero-order chi connectivity index (χ0) is 13.1. The van der Waals surface area contributed by atoms with E-state index in [0.717, 1.165) is 11.3 Å². The van der Waals surface area contributed by atoms with Crippen LogP contribution in [0.25, 0.3) is 0 Å². The number of hydrogen-bond acceptors (Lipinski definition) is 3. The second-order valence-corrected chi connectivity index (χ2v) is 4.15. The van der Waals surface area contributed by atoms with Crippen LogP contribution in [0, 0.1) is 12.7 Å². The van der Waals surface area contributed by atoms with Crippen LogP contribution in [-0.4, -0.2) is 13.3 Å². The lowest BCUT2D eigenvalue weighted by Crippen LogP contribution is -2.18. The maximum absolute atomic E-state index is 13.5. The molecule has 0 aliphatic carbocycles. The van der Waals surface area contributed by atoms with E-state index in [1.165, 1.54) is 6.07 Å². The predicted molar refractivity (Wildman–Crippen MR) is 67.3 cm³/mol. The first-order valence-electron chi connectivity index (χ1n) is 5.61. The zero-order valence-electron chi connectivity index (χ0n) is 10.3. The summed E-state index contributed by atoms with van der Waals surface area (Å²) in [5, 5.41) is 0. The van der Waals surface area contributed by atoms with Crippen LogP contribution in [0.4, 0.5) is 10.1 Å². The summed E-state index contributed by atoms with van der Waals surface area (Å²) in [7, 11) is 1.81. The largest absolute Gasteiger partial charge is 0.469 e. The number of rotatable bonds is 4. The number of carbonyl (C=O) groups is 1. The first-order chi connectivity index (χ1) is 8.63. The summed E-state index contributed by atoms with van der Waals surface area (Å²) in [5.74, 6) is 0.323. The van der Waals surface area contributed by atoms with Crippen molar-refractivity contribution in [3.63, 3.8) is 0 Å². The van der Waals surface area contributed by atoms with Crippen molar-refractivity contribution in [3.8, 4) is 0 Å². The summed E-state index contributed by atoms with van der Waals surface area (Å²) in [4.78, 5) is 12.8. The molecule has 0 atom stereocenters. The molecule has 1 heterocycles. The highest BCUT2D eigenvalue weighted by atomic mass is 19.1. The third-order valence-corrected chi connectivity index (χ3v) is 2.93. The minimum atomic E-state index is -0.502. The fraction of sp³-hybridized carbons (Fsp3) is 0.214. The lowest BCUT2D eigenvalue weighted by molar-refractivity contribution is 0.112. The number of hydrogen-bond donors (Lipinski definition) is 0. The highest BCUT2D eigenvalue weighted by Gasteiger charge is 2.13. The summed E-state index contributed by atoms with van der Waals surface area (Å²) >= 11 is 0. The van der Waals surface area contributed by atoms with Gasteiger partial charge in [-0.25, -0.2) is 4.39 Å². The molecular weight excluding hydrogens is 233 g/mol. The van der Waals surface area contributed by atoms with E-state index in [2.05, 4.69) is 0 Å². The van der Waals surface area contributed by atoms with Crippen molar-refractivity contribution >= 4 is 12.0 Å². The quantitative estimate of drug-likeness (QED) is 0.778. The molecule has 0 N–H and O–H groups in total. The Bertz CT molecular complexity index is 563. The second kappa shape index (κ2) is 5.04. The van der Waals surface area contributed by atoms with Crippen molar-refractivity contribution in [1.82, 2.24) is 0 Å². The summed E-state index contributed by atoms with van der Waals surface area (Å²) in [6.45, 7) is 2.43. The Hall–Kier alpha value is -2.10. The maximum Gasteiger partial charge on any atom is 0.155 e. The molecule has 0 bridgehead atoms. The SMILES string of the molecule is Cc1occc1CN(C)c1cccc(F)c1C=O.